The first-order valence-corrected chi connectivity index (χ1v) is 12.0. The van der Waals surface area contributed by atoms with Crippen molar-refractivity contribution >= 4 is 38.0 Å². The third-order valence-corrected chi connectivity index (χ3v) is 7.60. The molecule has 0 radical (unpaired) electrons. The number of benzene rings is 2. The lowest BCUT2D eigenvalue weighted by molar-refractivity contribution is 0.437. The fraction of sp³-hybridized carbons (Fsp3) is 0.348. The summed E-state index contributed by atoms with van der Waals surface area (Å²) in [4.78, 5) is 6.94. The average molecular weight is 429 g/mol. The number of anilines is 1. The van der Waals surface area contributed by atoms with Crippen molar-refractivity contribution in [3.8, 4) is 0 Å². The minimum Gasteiger partial charge on any atom is -0.370 e. The summed E-state index contributed by atoms with van der Waals surface area (Å²) in [7, 11) is -3.57. The molecule has 1 aliphatic rings. The molecule has 0 saturated carbocycles. The Morgan fingerprint density at radius 3 is 2.48 bits per heavy atom. The van der Waals surface area contributed by atoms with Crippen LogP contribution in [0.25, 0.3) is 10.9 Å². The van der Waals surface area contributed by atoms with Crippen molar-refractivity contribution in [3.63, 3.8) is 0 Å². The highest BCUT2D eigenvalue weighted by molar-refractivity contribution is 7.90. The van der Waals surface area contributed by atoms with Gasteiger partial charge in [-0.1, -0.05) is 48.4 Å². The Morgan fingerprint density at radius 1 is 1.10 bits per heavy atom. The molecule has 0 aliphatic carbocycles. The zero-order valence-electron chi connectivity index (χ0n) is 16.7. The third kappa shape index (κ3) is 4.26. The fourth-order valence-electron chi connectivity index (χ4n) is 3.90. The van der Waals surface area contributed by atoms with Gasteiger partial charge in [-0.05, 0) is 49.4 Å². The van der Waals surface area contributed by atoms with Crippen LogP contribution in [0.4, 0.5) is 5.69 Å². The molecular weight excluding hydrogens is 404 g/mol. The van der Waals surface area contributed by atoms with Gasteiger partial charge in [0.25, 0.3) is 0 Å². The van der Waals surface area contributed by atoms with Crippen LogP contribution in [0.2, 0.25) is 5.02 Å². The molecule has 6 heteroatoms. The summed E-state index contributed by atoms with van der Waals surface area (Å²) in [6.45, 7) is 5.90. The summed E-state index contributed by atoms with van der Waals surface area (Å²) in [5, 5.41) is 1.39. The Kier molecular flexibility index (Phi) is 5.54. The number of rotatable bonds is 4. The number of hydrogen-bond donors (Lipinski definition) is 0. The number of sulfone groups is 1. The van der Waals surface area contributed by atoms with Crippen molar-refractivity contribution in [3.05, 3.63) is 64.8 Å². The zero-order valence-corrected chi connectivity index (χ0v) is 18.3. The highest BCUT2D eigenvalue weighted by Gasteiger charge is 2.27. The van der Waals surface area contributed by atoms with Gasteiger partial charge in [-0.25, -0.2) is 8.42 Å². The first-order valence-electron chi connectivity index (χ1n) is 9.95. The molecule has 3 aromatic rings. The van der Waals surface area contributed by atoms with E-state index >= 15 is 0 Å². The van der Waals surface area contributed by atoms with Crippen molar-refractivity contribution in [2.75, 3.05) is 18.0 Å². The van der Waals surface area contributed by atoms with Crippen LogP contribution in [0, 0.1) is 12.8 Å². The SMILES string of the molecule is Cc1ccc(CS(=O)(=O)c2cnc3ccc(Cl)cc3c2N2CCC(C)CC2)cc1. The Labute approximate surface area is 177 Å². The van der Waals surface area contributed by atoms with Crippen LogP contribution in [-0.2, 0) is 15.6 Å². The van der Waals surface area contributed by atoms with E-state index in [2.05, 4.69) is 16.8 Å². The summed E-state index contributed by atoms with van der Waals surface area (Å²) in [6.07, 6.45) is 3.61. The van der Waals surface area contributed by atoms with Gasteiger partial charge in [0.2, 0.25) is 0 Å². The Bertz CT molecular complexity index is 1140. The summed E-state index contributed by atoms with van der Waals surface area (Å²) < 4.78 is 26.9. The van der Waals surface area contributed by atoms with Gasteiger partial charge < -0.3 is 4.90 Å². The molecule has 4 rings (SSSR count). The van der Waals surface area contributed by atoms with Gasteiger partial charge >= 0.3 is 0 Å². The smallest absolute Gasteiger partial charge is 0.186 e. The molecule has 1 aromatic heterocycles. The van der Waals surface area contributed by atoms with Crippen LogP contribution >= 0.6 is 11.6 Å². The molecule has 0 unspecified atom stereocenters. The molecule has 29 heavy (non-hydrogen) atoms. The lowest BCUT2D eigenvalue weighted by atomic mass is 9.98. The van der Waals surface area contributed by atoms with Gasteiger partial charge in [0.05, 0.1) is 17.0 Å². The van der Waals surface area contributed by atoms with E-state index in [1.54, 1.807) is 6.07 Å². The number of nitrogens with zero attached hydrogens (tertiary/aromatic N) is 2. The van der Waals surface area contributed by atoms with Crippen LogP contribution in [0.15, 0.2) is 53.6 Å². The molecule has 152 valence electrons. The number of fused-ring (bicyclic) bond motifs is 1. The molecule has 0 bridgehead atoms. The highest BCUT2D eigenvalue weighted by Crippen LogP contribution is 2.37. The van der Waals surface area contributed by atoms with Crippen LogP contribution in [0.1, 0.15) is 30.9 Å². The van der Waals surface area contributed by atoms with Crippen LogP contribution in [0.3, 0.4) is 0 Å². The van der Waals surface area contributed by atoms with E-state index in [0.717, 1.165) is 53.6 Å². The number of hydrogen-bond acceptors (Lipinski definition) is 4. The molecule has 4 nitrogen and oxygen atoms in total. The first-order chi connectivity index (χ1) is 13.8. The van der Waals surface area contributed by atoms with Crippen LogP contribution < -0.4 is 4.90 Å². The van der Waals surface area contributed by atoms with E-state index in [4.69, 9.17) is 11.6 Å². The van der Waals surface area contributed by atoms with Gasteiger partial charge in [0.15, 0.2) is 9.84 Å². The van der Waals surface area contributed by atoms with Gasteiger partial charge in [0, 0.05) is 29.7 Å². The number of aryl methyl sites for hydroxylation is 1. The molecule has 0 spiro atoms. The summed E-state index contributed by atoms with van der Waals surface area (Å²) in [5.74, 6) is 0.605. The maximum Gasteiger partial charge on any atom is 0.186 e. The molecule has 2 aromatic carbocycles. The lowest BCUT2D eigenvalue weighted by Crippen LogP contribution is -2.34. The molecule has 0 amide bonds. The van der Waals surface area contributed by atoms with Crippen LogP contribution in [0.5, 0.6) is 0 Å². The van der Waals surface area contributed by atoms with E-state index in [-0.39, 0.29) is 5.75 Å². The van der Waals surface area contributed by atoms with Gasteiger partial charge in [-0.15, -0.1) is 0 Å². The molecule has 1 fully saturated rings. The van der Waals surface area contributed by atoms with Crippen molar-refractivity contribution in [1.82, 2.24) is 4.98 Å². The quantitative estimate of drug-likeness (QED) is 0.557. The molecule has 2 heterocycles. The second kappa shape index (κ2) is 7.96. The largest absolute Gasteiger partial charge is 0.370 e. The summed E-state index contributed by atoms with van der Waals surface area (Å²) >= 11 is 6.27. The maximum absolute atomic E-state index is 13.4. The molecular formula is C23H25ClN2O2S. The van der Waals surface area contributed by atoms with E-state index in [1.165, 1.54) is 6.20 Å². The van der Waals surface area contributed by atoms with E-state index in [9.17, 15) is 8.42 Å². The van der Waals surface area contributed by atoms with Crippen molar-refractivity contribution < 1.29 is 8.42 Å². The van der Waals surface area contributed by atoms with Gasteiger partial charge in [-0.2, -0.15) is 0 Å². The molecule has 1 aliphatic heterocycles. The Hall–Kier alpha value is -2.11. The summed E-state index contributed by atoms with van der Waals surface area (Å²) in [6, 6.07) is 13.1. The zero-order chi connectivity index (χ0) is 20.6. The monoisotopic (exact) mass is 428 g/mol. The van der Waals surface area contributed by atoms with Crippen molar-refractivity contribution in [2.24, 2.45) is 5.92 Å². The van der Waals surface area contributed by atoms with Crippen molar-refractivity contribution in [2.45, 2.75) is 37.3 Å². The second-order valence-corrected chi connectivity index (χ2v) is 10.4. The number of halogens is 1. The maximum atomic E-state index is 13.4. The van der Waals surface area contributed by atoms with Crippen LogP contribution in [-0.4, -0.2) is 26.5 Å². The van der Waals surface area contributed by atoms with E-state index in [1.807, 2.05) is 43.3 Å². The van der Waals surface area contributed by atoms with Gasteiger partial charge in [-0.3, -0.25) is 4.98 Å². The second-order valence-electron chi connectivity index (χ2n) is 8.05. The predicted molar refractivity (Wildman–Crippen MR) is 119 cm³/mol. The van der Waals surface area contributed by atoms with E-state index < -0.39 is 9.84 Å². The standard InChI is InChI=1S/C23H25ClN2O2S/c1-16-3-5-18(6-4-16)15-29(27,28)22-14-25-21-8-7-19(24)13-20(21)23(22)26-11-9-17(2)10-12-26/h3-8,13-14,17H,9-12,15H2,1-2H3. The normalized spacial score (nSPS) is 15.8. The molecule has 0 atom stereocenters. The third-order valence-electron chi connectivity index (χ3n) is 5.68. The number of pyridine rings is 1. The topological polar surface area (TPSA) is 50.3 Å². The lowest BCUT2D eigenvalue weighted by Gasteiger charge is -2.34. The summed E-state index contributed by atoms with van der Waals surface area (Å²) in [5.41, 5.74) is 3.39. The minimum absolute atomic E-state index is 0.0434. The average Bonchev–Trinajstić information content (AvgIpc) is 2.69. The minimum atomic E-state index is -3.57. The number of aromatic nitrogens is 1. The Balaban J connectivity index is 1.84. The molecule has 0 N–H and O–H groups in total. The Morgan fingerprint density at radius 2 is 1.79 bits per heavy atom. The van der Waals surface area contributed by atoms with Crippen molar-refractivity contribution in [1.29, 1.82) is 0 Å². The predicted octanol–water partition coefficient (Wildman–Crippen LogP) is 5.41. The van der Waals surface area contributed by atoms with E-state index in [0.29, 0.717) is 15.8 Å². The first kappa shape index (κ1) is 20.2. The van der Waals surface area contributed by atoms with Gasteiger partial charge in [0.1, 0.15) is 4.90 Å². The number of piperidine rings is 1. The highest BCUT2D eigenvalue weighted by atomic mass is 35.5. The fourth-order valence-corrected chi connectivity index (χ4v) is 5.61. The molecule has 1 saturated heterocycles.